The molecule has 0 bridgehead atoms. The minimum atomic E-state index is -4.92. The molecule has 2 aromatic heterocycles. The van der Waals surface area contributed by atoms with E-state index in [0.717, 1.165) is 11.8 Å². The Bertz CT molecular complexity index is 1410. The Labute approximate surface area is 215 Å². The van der Waals surface area contributed by atoms with Crippen molar-refractivity contribution < 1.29 is 27.5 Å². The molecule has 12 heteroatoms. The van der Waals surface area contributed by atoms with Crippen LogP contribution in [0.25, 0.3) is 5.69 Å². The predicted molar refractivity (Wildman–Crippen MR) is 131 cm³/mol. The van der Waals surface area contributed by atoms with Gasteiger partial charge in [0.25, 0.3) is 11.8 Å². The molecule has 0 atom stereocenters. The van der Waals surface area contributed by atoms with Crippen molar-refractivity contribution in [3.63, 3.8) is 0 Å². The number of rotatable bonds is 6. The second-order valence-electron chi connectivity index (χ2n) is 8.73. The molecule has 1 aliphatic heterocycles. The van der Waals surface area contributed by atoms with Crippen molar-refractivity contribution in [2.24, 2.45) is 0 Å². The van der Waals surface area contributed by atoms with Crippen LogP contribution < -0.4 is 10.1 Å². The van der Waals surface area contributed by atoms with Gasteiger partial charge in [0.05, 0.1) is 29.2 Å². The van der Waals surface area contributed by atoms with Crippen LogP contribution in [0.5, 0.6) is 5.75 Å². The largest absolute Gasteiger partial charge is 0.573 e. The molecule has 0 unspecified atom stereocenters. The minimum Gasteiger partial charge on any atom is -0.405 e. The van der Waals surface area contributed by atoms with Crippen LogP contribution in [0.15, 0.2) is 79.4 Å². The predicted octanol–water partition coefficient (Wildman–Crippen LogP) is 4.70. The molecule has 0 spiro atoms. The lowest BCUT2D eigenvalue weighted by Gasteiger charge is -2.32. The fourth-order valence-electron chi connectivity index (χ4n) is 4.36. The van der Waals surface area contributed by atoms with E-state index in [-0.39, 0.29) is 17.5 Å². The number of halogens is 3. The molecule has 196 valence electrons. The van der Waals surface area contributed by atoms with Gasteiger partial charge in [-0.15, -0.1) is 13.2 Å². The van der Waals surface area contributed by atoms with Crippen LogP contribution in [0.3, 0.4) is 0 Å². The van der Waals surface area contributed by atoms with E-state index in [2.05, 4.69) is 20.3 Å². The molecule has 0 radical (unpaired) electrons. The Morgan fingerprint density at radius 3 is 2.39 bits per heavy atom. The van der Waals surface area contributed by atoms with Crippen molar-refractivity contribution in [1.29, 1.82) is 0 Å². The van der Waals surface area contributed by atoms with Crippen molar-refractivity contribution >= 4 is 17.5 Å². The van der Waals surface area contributed by atoms with Gasteiger partial charge in [-0.25, -0.2) is 4.68 Å². The molecule has 0 aliphatic carbocycles. The minimum absolute atomic E-state index is 0.00717. The summed E-state index contributed by atoms with van der Waals surface area (Å²) in [5, 5.41) is 11.1. The molecule has 9 nitrogen and oxygen atoms in total. The molecule has 2 amide bonds. The quantitative estimate of drug-likeness (QED) is 0.395. The summed E-state index contributed by atoms with van der Waals surface area (Å²) >= 11 is 0. The summed E-state index contributed by atoms with van der Waals surface area (Å²) in [6.07, 6.45) is 2.98. The van der Waals surface area contributed by atoms with E-state index in [9.17, 15) is 22.8 Å². The van der Waals surface area contributed by atoms with Crippen molar-refractivity contribution in [3.8, 4) is 11.4 Å². The van der Waals surface area contributed by atoms with Gasteiger partial charge < -0.3 is 15.0 Å². The number of anilines is 1. The lowest BCUT2D eigenvalue weighted by atomic mass is 10.0. The number of carbonyl (C=O) groups is 2. The summed E-state index contributed by atoms with van der Waals surface area (Å²) in [6.45, 7) is 1.07. The van der Waals surface area contributed by atoms with Crippen LogP contribution in [0, 0.1) is 0 Å². The van der Waals surface area contributed by atoms with Gasteiger partial charge in [-0.2, -0.15) is 10.2 Å². The third kappa shape index (κ3) is 5.69. The number of carbonyl (C=O) groups excluding carboxylic acids is 2. The van der Waals surface area contributed by atoms with Gasteiger partial charge in [0.1, 0.15) is 5.75 Å². The molecule has 4 aromatic rings. The molecule has 3 heterocycles. The number of likely N-dealkylation sites (tertiary alicyclic amines) is 1. The summed E-state index contributed by atoms with van der Waals surface area (Å²) < 4.78 is 45.4. The standard InChI is InChI=1S/C26H23F3N6O3/c27-26(28,29)38-23-5-2-1-4-22(23)24(36)32-19-16-31-35(17-19)21-10-14-33(15-11-21)25(37)18-6-8-20(9-7-18)34-13-3-12-30-34/h1-9,12-13,16-17,21H,10-11,14-15H2,(H,32,36). The number of ether oxygens (including phenoxy) is 1. The highest BCUT2D eigenvalue weighted by atomic mass is 19.4. The second-order valence-corrected chi connectivity index (χ2v) is 8.73. The Hall–Kier alpha value is -4.61. The van der Waals surface area contributed by atoms with Crippen LogP contribution in [0.1, 0.15) is 39.6 Å². The Balaban J connectivity index is 1.17. The monoisotopic (exact) mass is 524 g/mol. The average molecular weight is 525 g/mol. The Morgan fingerprint density at radius 1 is 0.974 bits per heavy atom. The van der Waals surface area contributed by atoms with E-state index >= 15 is 0 Å². The SMILES string of the molecule is O=C(Nc1cnn(C2CCN(C(=O)c3ccc(-n4cccn4)cc3)CC2)c1)c1ccccc1OC(F)(F)F. The summed E-state index contributed by atoms with van der Waals surface area (Å²) in [5.41, 5.74) is 1.55. The van der Waals surface area contributed by atoms with E-state index in [1.165, 1.54) is 24.4 Å². The van der Waals surface area contributed by atoms with Crippen LogP contribution in [-0.4, -0.2) is 55.7 Å². The number of aromatic nitrogens is 4. The van der Waals surface area contributed by atoms with Gasteiger partial charge in [-0.3, -0.25) is 14.3 Å². The molecular formula is C26H23F3N6O3. The lowest BCUT2D eigenvalue weighted by molar-refractivity contribution is -0.274. The highest BCUT2D eigenvalue weighted by Gasteiger charge is 2.33. The van der Waals surface area contributed by atoms with Crippen molar-refractivity contribution in [2.45, 2.75) is 25.2 Å². The third-order valence-electron chi connectivity index (χ3n) is 6.23. The maximum absolute atomic E-state index is 13.0. The first-order valence-electron chi connectivity index (χ1n) is 11.9. The molecule has 1 N–H and O–H groups in total. The van der Waals surface area contributed by atoms with E-state index in [1.807, 2.05) is 24.4 Å². The van der Waals surface area contributed by atoms with Gasteiger partial charge in [-0.1, -0.05) is 12.1 Å². The lowest BCUT2D eigenvalue weighted by Crippen LogP contribution is -2.39. The first kappa shape index (κ1) is 25.1. The normalized spacial score (nSPS) is 14.3. The molecule has 0 saturated carbocycles. The number of nitrogens with one attached hydrogen (secondary N) is 1. The number of benzene rings is 2. The van der Waals surface area contributed by atoms with Crippen molar-refractivity contribution in [2.75, 3.05) is 18.4 Å². The van der Waals surface area contributed by atoms with Crippen molar-refractivity contribution in [1.82, 2.24) is 24.5 Å². The highest BCUT2D eigenvalue weighted by molar-refractivity contribution is 6.06. The fourth-order valence-corrected chi connectivity index (χ4v) is 4.36. The maximum Gasteiger partial charge on any atom is 0.573 e. The van der Waals surface area contributed by atoms with Gasteiger partial charge in [-0.05, 0) is 55.3 Å². The number of para-hydroxylation sites is 1. The van der Waals surface area contributed by atoms with E-state index in [4.69, 9.17) is 0 Å². The molecule has 1 fully saturated rings. The Morgan fingerprint density at radius 2 is 1.71 bits per heavy atom. The van der Waals surface area contributed by atoms with Crippen LogP contribution in [0.4, 0.5) is 18.9 Å². The summed E-state index contributed by atoms with van der Waals surface area (Å²) in [6, 6.07) is 14.2. The molecule has 1 saturated heterocycles. The van der Waals surface area contributed by atoms with Gasteiger partial charge >= 0.3 is 6.36 Å². The number of hydrogen-bond donors (Lipinski definition) is 1. The zero-order valence-electron chi connectivity index (χ0n) is 20.0. The van der Waals surface area contributed by atoms with Gasteiger partial charge in [0.2, 0.25) is 0 Å². The molecular weight excluding hydrogens is 501 g/mol. The molecule has 2 aromatic carbocycles. The summed E-state index contributed by atoms with van der Waals surface area (Å²) in [7, 11) is 0. The summed E-state index contributed by atoms with van der Waals surface area (Å²) in [5.74, 6) is -1.38. The molecule has 1 aliphatic rings. The molecule has 5 rings (SSSR count). The third-order valence-corrected chi connectivity index (χ3v) is 6.23. The highest BCUT2D eigenvalue weighted by Crippen LogP contribution is 2.28. The van der Waals surface area contributed by atoms with E-state index in [0.29, 0.717) is 37.2 Å². The zero-order valence-corrected chi connectivity index (χ0v) is 20.0. The van der Waals surface area contributed by atoms with E-state index in [1.54, 1.807) is 38.8 Å². The van der Waals surface area contributed by atoms with Gasteiger partial charge in [0, 0.05) is 37.2 Å². The topological polar surface area (TPSA) is 94.3 Å². The number of hydrogen-bond acceptors (Lipinski definition) is 5. The number of amides is 2. The van der Waals surface area contributed by atoms with E-state index < -0.39 is 18.0 Å². The number of piperidine rings is 1. The summed E-state index contributed by atoms with van der Waals surface area (Å²) in [4.78, 5) is 27.4. The average Bonchev–Trinajstić information content (AvgIpc) is 3.61. The second kappa shape index (κ2) is 10.4. The molecule has 38 heavy (non-hydrogen) atoms. The first-order valence-corrected chi connectivity index (χ1v) is 11.9. The van der Waals surface area contributed by atoms with Crippen LogP contribution >= 0.6 is 0 Å². The fraction of sp³-hybridized carbons (Fsp3) is 0.231. The Kier molecular flexibility index (Phi) is 6.86. The first-order chi connectivity index (χ1) is 18.3. The van der Waals surface area contributed by atoms with Crippen LogP contribution in [0.2, 0.25) is 0 Å². The smallest absolute Gasteiger partial charge is 0.405 e. The van der Waals surface area contributed by atoms with Crippen LogP contribution in [-0.2, 0) is 0 Å². The van der Waals surface area contributed by atoms with Gasteiger partial charge in [0.15, 0.2) is 0 Å². The zero-order chi connectivity index (χ0) is 26.7. The number of alkyl halides is 3. The number of nitrogens with zero attached hydrogens (tertiary/aromatic N) is 5. The van der Waals surface area contributed by atoms with Crippen molar-refractivity contribution in [3.05, 3.63) is 90.5 Å². The maximum atomic E-state index is 13.0.